The number of nitrogens with zero attached hydrogens (tertiary/aromatic N) is 5. The van der Waals surface area contributed by atoms with Gasteiger partial charge in [-0.25, -0.2) is 23.1 Å². The van der Waals surface area contributed by atoms with E-state index in [9.17, 15) is 40.3 Å². The molecule has 4 aromatic heterocycles. The van der Waals surface area contributed by atoms with Gasteiger partial charge in [-0.05, 0) is 62.7 Å². The Balaban J connectivity index is 0.000000241. The highest BCUT2D eigenvalue weighted by molar-refractivity contribution is 5.73. The normalized spacial score (nSPS) is 14.0. The maximum absolute atomic E-state index is 13.7. The molecule has 1 aliphatic rings. The molecule has 1 unspecified atom stereocenters. The first-order chi connectivity index (χ1) is 23.1. The molecule has 49 heavy (non-hydrogen) atoms. The Morgan fingerprint density at radius 3 is 2.39 bits per heavy atom. The Morgan fingerprint density at radius 2 is 1.78 bits per heavy atom. The molecule has 10 nitrogen and oxygen atoms in total. The van der Waals surface area contributed by atoms with Crippen LogP contribution in [0.1, 0.15) is 60.2 Å². The summed E-state index contributed by atoms with van der Waals surface area (Å²) in [6.07, 6.45) is -3.76. The summed E-state index contributed by atoms with van der Waals surface area (Å²) < 4.78 is 93.6. The molecule has 0 aliphatic heterocycles. The van der Waals surface area contributed by atoms with Crippen LogP contribution in [0, 0.1) is 18.6 Å². The van der Waals surface area contributed by atoms with Gasteiger partial charge in [-0.15, -0.1) is 0 Å². The van der Waals surface area contributed by atoms with Crippen molar-refractivity contribution in [2.45, 2.75) is 64.7 Å². The Kier molecular flexibility index (Phi) is 11.0. The molecule has 4 heterocycles. The molecule has 0 fully saturated rings. The van der Waals surface area contributed by atoms with Crippen LogP contribution < -0.4 is 16.7 Å². The highest BCUT2D eigenvalue weighted by atomic mass is 19.4. The van der Waals surface area contributed by atoms with E-state index in [-0.39, 0.29) is 24.4 Å². The largest absolute Gasteiger partial charge is 0.435 e. The number of hydrogen-bond acceptors (Lipinski definition) is 7. The molecule has 0 bridgehead atoms. The van der Waals surface area contributed by atoms with E-state index in [0.717, 1.165) is 17.2 Å². The second-order valence-electron chi connectivity index (χ2n) is 10.8. The zero-order valence-corrected chi connectivity index (χ0v) is 26.8. The van der Waals surface area contributed by atoms with E-state index in [1.165, 1.54) is 22.7 Å². The van der Waals surface area contributed by atoms with Crippen molar-refractivity contribution < 1.29 is 35.5 Å². The lowest BCUT2D eigenvalue weighted by Crippen LogP contribution is -2.21. The highest BCUT2D eigenvalue weighted by Gasteiger charge is 2.49. The molecule has 1 atom stereocenters. The number of aryl methyl sites for hydroxylation is 1. The summed E-state index contributed by atoms with van der Waals surface area (Å²) in [5.41, 5.74) is 7.32. The molecule has 0 radical (unpaired) electrons. The molecule has 0 saturated heterocycles. The minimum atomic E-state index is -4.78. The number of nitrogen functional groups attached to an aromatic ring is 1. The zero-order valence-electron chi connectivity index (χ0n) is 26.8. The number of carbonyl (C=O) groups excluding carboxylic acids is 1. The predicted molar refractivity (Wildman–Crippen MR) is 167 cm³/mol. The standard InChI is InChI=1S/C21H20F2N6O.C9H7F5N2O.C2H6/c1-11-16(3-4-19-27-28-21(30)29(11)19)17-9-15(24)10-26-20(17)18(25-2)7-12-5-13(22)8-14(23)6-12;10-8(11)2-1-5-6(9(12,13)14)15-16(3-4-17)7(5)8;1-2/h3-6,8-10,18,25H,7,24H2,1-2H3,(H,28,30);4H,1-3H2;1-2H3. The maximum atomic E-state index is 13.7. The van der Waals surface area contributed by atoms with Crippen LogP contribution in [0.5, 0.6) is 0 Å². The van der Waals surface area contributed by atoms with Gasteiger partial charge >= 0.3 is 11.9 Å². The average Bonchev–Trinajstić information content (AvgIpc) is 3.71. The number of nitrogens with one attached hydrogen (secondary N) is 2. The molecule has 1 aliphatic carbocycles. The molecule has 5 aromatic rings. The van der Waals surface area contributed by atoms with Crippen LogP contribution in [0.15, 0.2) is 47.4 Å². The van der Waals surface area contributed by atoms with Gasteiger partial charge in [-0.2, -0.15) is 32.1 Å². The summed E-state index contributed by atoms with van der Waals surface area (Å²) in [7, 11) is 1.75. The number of nitrogens with two attached hydrogens (primary N) is 1. The molecule has 1 aromatic carbocycles. The van der Waals surface area contributed by atoms with E-state index in [2.05, 4.69) is 25.6 Å². The number of H-pyrrole nitrogens is 1. The van der Waals surface area contributed by atoms with Crippen LogP contribution in [0.2, 0.25) is 0 Å². The van der Waals surface area contributed by atoms with Crippen LogP contribution in [0.4, 0.5) is 36.4 Å². The Labute approximate surface area is 275 Å². The van der Waals surface area contributed by atoms with Gasteiger partial charge in [0, 0.05) is 34.9 Å². The average molecular weight is 695 g/mol. The number of alkyl halides is 5. The number of aromatic amines is 1. The van der Waals surface area contributed by atoms with E-state index >= 15 is 0 Å². The number of rotatable bonds is 7. The van der Waals surface area contributed by atoms with Gasteiger partial charge in [-0.3, -0.25) is 9.67 Å². The van der Waals surface area contributed by atoms with Gasteiger partial charge in [0.2, 0.25) is 0 Å². The van der Waals surface area contributed by atoms with Gasteiger partial charge in [0.25, 0.3) is 5.92 Å². The molecule has 0 saturated carbocycles. The first-order valence-electron chi connectivity index (χ1n) is 15.1. The quantitative estimate of drug-likeness (QED) is 0.142. The van der Waals surface area contributed by atoms with Crippen molar-refractivity contribution in [1.29, 1.82) is 0 Å². The van der Waals surface area contributed by atoms with E-state index < -0.39 is 53.7 Å². The van der Waals surface area contributed by atoms with E-state index in [0.29, 0.717) is 39.4 Å². The van der Waals surface area contributed by atoms with Crippen LogP contribution >= 0.6 is 0 Å². The van der Waals surface area contributed by atoms with Gasteiger partial charge in [0.05, 0.1) is 30.2 Å². The van der Waals surface area contributed by atoms with Crippen LogP contribution in [-0.2, 0) is 36.3 Å². The fraction of sp³-hybridized carbons (Fsp3) is 0.344. The molecule has 0 spiro atoms. The lowest BCUT2D eigenvalue weighted by atomic mass is 9.94. The minimum absolute atomic E-state index is 0.238. The first kappa shape index (κ1) is 36.8. The van der Waals surface area contributed by atoms with Gasteiger partial charge in [0.1, 0.15) is 23.6 Å². The number of carbonyl (C=O) groups is 1. The number of fused-ring (bicyclic) bond motifs is 2. The van der Waals surface area contributed by atoms with Crippen molar-refractivity contribution in [2.75, 3.05) is 12.8 Å². The maximum Gasteiger partial charge on any atom is 0.435 e. The fourth-order valence-electron chi connectivity index (χ4n) is 5.69. The third-order valence-electron chi connectivity index (χ3n) is 7.70. The molecule has 17 heteroatoms. The molecular weight excluding hydrogens is 661 g/mol. The molecular formula is C32H33F7N8O2. The summed E-state index contributed by atoms with van der Waals surface area (Å²) in [6, 6.07) is 8.44. The summed E-state index contributed by atoms with van der Waals surface area (Å²) in [6.45, 7) is 5.20. The van der Waals surface area contributed by atoms with Gasteiger partial charge < -0.3 is 15.8 Å². The monoisotopic (exact) mass is 694 g/mol. The molecule has 4 N–H and O–H groups in total. The molecule has 262 valence electrons. The summed E-state index contributed by atoms with van der Waals surface area (Å²) >= 11 is 0. The smallest absolute Gasteiger partial charge is 0.397 e. The summed E-state index contributed by atoms with van der Waals surface area (Å²) in [4.78, 5) is 26.9. The zero-order chi connectivity index (χ0) is 36.3. The summed E-state index contributed by atoms with van der Waals surface area (Å²) in [5, 5.41) is 12.6. The van der Waals surface area contributed by atoms with E-state index in [1.54, 1.807) is 19.2 Å². The summed E-state index contributed by atoms with van der Waals surface area (Å²) in [5.74, 6) is -4.62. The number of anilines is 1. The van der Waals surface area contributed by atoms with Crippen LogP contribution in [0.3, 0.4) is 0 Å². The van der Waals surface area contributed by atoms with Crippen molar-refractivity contribution in [1.82, 2.24) is 34.7 Å². The van der Waals surface area contributed by atoms with Crippen LogP contribution in [-0.4, -0.2) is 42.7 Å². The number of halogens is 7. The minimum Gasteiger partial charge on any atom is -0.397 e. The number of aldehydes is 1. The van der Waals surface area contributed by atoms with E-state index in [4.69, 9.17) is 5.73 Å². The first-order valence-corrected chi connectivity index (χ1v) is 15.1. The van der Waals surface area contributed by atoms with Crippen molar-refractivity contribution in [3.8, 4) is 11.1 Å². The second kappa shape index (κ2) is 14.6. The number of benzene rings is 1. The van der Waals surface area contributed by atoms with Crippen molar-refractivity contribution in [2.24, 2.45) is 0 Å². The van der Waals surface area contributed by atoms with Gasteiger partial charge in [-0.1, -0.05) is 13.8 Å². The third kappa shape index (κ3) is 7.66. The second-order valence-corrected chi connectivity index (χ2v) is 10.8. The van der Waals surface area contributed by atoms with Crippen molar-refractivity contribution in [3.63, 3.8) is 0 Å². The Bertz CT molecular complexity index is 2000. The Morgan fingerprint density at radius 1 is 1.10 bits per heavy atom. The number of hydrogen-bond donors (Lipinski definition) is 3. The van der Waals surface area contributed by atoms with E-state index in [1.807, 2.05) is 26.8 Å². The lowest BCUT2D eigenvalue weighted by Gasteiger charge is -2.21. The SMILES string of the molecule is CC.CNC(Cc1cc(F)cc(F)c1)c1ncc(N)cc1-c1ccc2n[nH]c(=O)n2c1C.O=CCn1nc(C(F)(F)F)c2c1C(F)(F)CC2. The lowest BCUT2D eigenvalue weighted by molar-refractivity contribution is -0.142. The molecule has 6 rings (SSSR count). The van der Waals surface area contributed by atoms with Gasteiger partial charge in [0.15, 0.2) is 11.3 Å². The topological polar surface area (TPSA) is 136 Å². The van der Waals surface area contributed by atoms with Crippen molar-refractivity contribution >= 4 is 17.6 Å². The highest BCUT2D eigenvalue weighted by Crippen LogP contribution is 2.46. The van der Waals surface area contributed by atoms with Crippen LogP contribution in [0.25, 0.3) is 16.8 Å². The predicted octanol–water partition coefficient (Wildman–Crippen LogP) is 5.92. The molecule has 0 amide bonds. The Hall–Kier alpha value is -5.06. The number of likely N-dealkylation sites (N-methyl/N-ethyl adjacent to an activating group) is 1. The number of aromatic nitrogens is 6. The fourth-order valence-corrected chi connectivity index (χ4v) is 5.69. The van der Waals surface area contributed by atoms with Crippen molar-refractivity contribution in [3.05, 3.63) is 98.6 Å². The number of pyridine rings is 2. The third-order valence-corrected chi connectivity index (χ3v) is 7.70.